The molecule has 2 heterocycles. The van der Waals surface area contributed by atoms with Crippen molar-refractivity contribution >= 4 is 5.91 Å². The van der Waals surface area contributed by atoms with Gasteiger partial charge in [-0.25, -0.2) is 0 Å². The zero-order chi connectivity index (χ0) is 21.8. The Balaban J connectivity index is 1.57. The summed E-state index contributed by atoms with van der Waals surface area (Å²) in [5.74, 6) is 0.0789. The number of likely N-dealkylation sites (tertiary alicyclic amines) is 1. The molecule has 1 amide bonds. The second-order valence-corrected chi connectivity index (χ2v) is 8.43. The van der Waals surface area contributed by atoms with E-state index in [1.807, 2.05) is 36.1 Å². The minimum absolute atomic E-state index is 0.0293. The molecule has 3 aromatic rings. The lowest BCUT2D eigenvalue weighted by molar-refractivity contribution is 0.0732. The molecule has 0 saturated carbocycles. The molecule has 1 aliphatic rings. The van der Waals surface area contributed by atoms with Crippen LogP contribution in [0.25, 0.3) is 0 Å². The highest BCUT2D eigenvalue weighted by Crippen LogP contribution is 2.33. The number of carbonyl (C=O) groups is 1. The van der Waals surface area contributed by atoms with E-state index in [0.29, 0.717) is 6.61 Å². The number of aromatic nitrogens is 1. The van der Waals surface area contributed by atoms with Gasteiger partial charge in [0.05, 0.1) is 18.3 Å². The Kier molecular flexibility index (Phi) is 6.47. The van der Waals surface area contributed by atoms with Crippen LogP contribution in [0.3, 0.4) is 0 Å². The Morgan fingerprint density at radius 3 is 2.58 bits per heavy atom. The first kappa shape index (κ1) is 21.3. The SMILES string of the molecule is COCc1ccc(C(=O)N2CCCC2c2cc(Cc3ccccc3C)cc(C)n2)cc1. The fourth-order valence-electron chi connectivity index (χ4n) is 4.46. The molecule has 4 heteroatoms. The summed E-state index contributed by atoms with van der Waals surface area (Å²) in [6.07, 6.45) is 2.83. The molecule has 160 valence electrons. The first-order valence-electron chi connectivity index (χ1n) is 11.0. The quantitative estimate of drug-likeness (QED) is 0.541. The van der Waals surface area contributed by atoms with Crippen molar-refractivity contribution in [2.45, 2.75) is 45.8 Å². The van der Waals surface area contributed by atoms with E-state index in [1.165, 1.54) is 16.7 Å². The van der Waals surface area contributed by atoms with E-state index >= 15 is 0 Å². The van der Waals surface area contributed by atoms with Crippen LogP contribution in [0.1, 0.15) is 62.9 Å². The Morgan fingerprint density at radius 1 is 1.06 bits per heavy atom. The second-order valence-electron chi connectivity index (χ2n) is 8.43. The molecule has 0 spiro atoms. The molecule has 1 atom stereocenters. The Bertz CT molecular complexity index is 1060. The average molecular weight is 415 g/mol. The molecular formula is C27H30N2O2. The normalized spacial score (nSPS) is 16.0. The largest absolute Gasteiger partial charge is 0.380 e. The first-order valence-corrected chi connectivity index (χ1v) is 11.0. The number of ether oxygens (including phenoxy) is 1. The van der Waals surface area contributed by atoms with Crippen molar-refractivity contribution in [3.8, 4) is 0 Å². The van der Waals surface area contributed by atoms with Gasteiger partial charge in [0, 0.05) is 24.9 Å². The monoisotopic (exact) mass is 414 g/mol. The molecule has 0 N–H and O–H groups in total. The highest BCUT2D eigenvalue weighted by molar-refractivity contribution is 5.94. The second kappa shape index (κ2) is 9.44. The fraction of sp³-hybridized carbons (Fsp3) is 0.333. The third-order valence-electron chi connectivity index (χ3n) is 6.06. The third-order valence-corrected chi connectivity index (χ3v) is 6.06. The van der Waals surface area contributed by atoms with E-state index in [9.17, 15) is 4.79 Å². The number of nitrogens with zero attached hydrogens (tertiary/aromatic N) is 2. The summed E-state index contributed by atoms with van der Waals surface area (Å²) in [6, 6.07) is 20.6. The molecule has 4 rings (SSSR count). The summed E-state index contributed by atoms with van der Waals surface area (Å²) in [4.78, 5) is 20.1. The summed E-state index contributed by atoms with van der Waals surface area (Å²) in [6.45, 7) is 5.52. The number of rotatable bonds is 6. The van der Waals surface area contributed by atoms with Gasteiger partial charge in [0.15, 0.2) is 0 Å². The summed E-state index contributed by atoms with van der Waals surface area (Å²) < 4.78 is 5.17. The van der Waals surface area contributed by atoms with Crippen molar-refractivity contribution in [3.05, 3.63) is 99.9 Å². The van der Waals surface area contributed by atoms with E-state index in [2.05, 4.69) is 43.3 Å². The molecule has 31 heavy (non-hydrogen) atoms. The average Bonchev–Trinajstić information content (AvgIpc) is 3.25. The summed E-state index contributed by atoms with van der Waals surface area (Å²) in [7, 11) is 1.68. The van der Waals surface area contributed by atoms with Crippen LogP contribution < -0.4 is 0 Å². The third kappa shape index (κ3) is 4.86. The maximum Gasteiger partial charge on any atom is 0.254 e. The van der Waals surface area contributed by atoms with E-state index < -0.39 is 0 Å². The molecule has 1 unspecified atom stereocenters. The van der Waals surface area contributed by atoms with Crippen LogP contribution in [-0.2, 0) is 17.8 Å². The molecule has 2 aromatic carbocycles. The van der Waals surface area contributed by atoms with Gasteiger partial charge in [-0.05, 0) is 79.6 Å². The lowest BCUT2D eigenvalue weighted by atomic mass is 9.98. The number of aryl methyl sites for hydroxylation is 2. The first-order chi connectivity index (χ1) is 15.0. The zero-order valence-corrected chi connectivity index (χ0v) is 18.6. The Hall–Kier alpha value is -2.98. The number of pyridine rings is 1. The maximum atomic E-state index is 13.3. The molecule has 0 radical (unpaired) electrons. The number of hydrogen-bond acceptors (Lipinski definition) is 3. The zero-order valence-electron chi connectivity index (χ0n) is 18.6. The van der Waals surface area contributed by atoms with E-state index in [-0.39, 0.29) is 11.9 Å². The van der Waals surface area contributed by atoms with E-state index in [0.717, 1.165) is 48.3 Å². The van der Waals surface area contributed by atoms with Crippen LogP contribution >= 0.6 is 0 Å². The Morgan fingerprint density at radius 2 is 1.84 bits per heavy atom. The standard InChI is InChI=1S/C27H30N2O2/c1-19-7-4-5-8-24(19)16-22-15-20(2)28-25(17-22)26-9-6-14-29(26)27(30)23-12-10-21(11-13-23)18-31-3/h4-5,7-8,10-13,15,17,26H,6,9,14,16,18H2,1-3H3. The van der Waals surface area contributed by atoms with Gasteiger partial charge >= 0.3 is 0 Å². The molecule has 1 aromatic heterocycles. The van der Waals surface area contributed by atoms with Gasteiger partial charge in [-0.1, -0.05) is 36.4 Å². The highest BCUT2D eigenvalue weighted by atomic mass is 16.5. The van der Waals surface area contributed by atoms with Gasteiger partial charge in [0.1, 0.15) is 0 Å². The number of amides is 1. The molecule has 1 aliphatic heterocycles. The van der Waals surface area contributed by atoms with Crippen molar-refractivity contribution < 1.29 is 9.53 Å². The molecule has 1 fully saturated rings. The van der Waals surface area contributed by atoms with Crippen molar-refractivity contribution in [1.82, 2.24) is 9.88 Å². The smallest absolute Gasteiger partial charge is 0.254 e. The van der Waals surface area contributed by atoms with Gasteiger partial charge in [-0.2, -0.15) is 0 Å². The van der Waals surface area contributed by atoms with Gasteiger partial charge in [-0.3, -0.25) is 9.78 Å². The predicted molar refractivity (Wildman–Crippen MR) is 123 cm³/mol. The Labute approximate surface area is 184 Å². The topological polar surface area (TPSA) is 42.4 Å². The van der Waals surface area contributed by atoms with Crippen LogP contribution in [0.5, 0.6) is 0 Å². The number of methoxy groups -OCH3 is 1. The lowest BCUT2D eigenvalue weighted by Gasteiger charge is -2.25. The van der Waals surface area contributed by atoms with Gasteiger partial charge in [0.2, 0.25) is 0 Å². The summed E-state index contributed by atoms with van der Waals surface area (Å²) in [5, 5.41) is 0. The van der Waals surface area contributed by atoms with Crippen molar-refractivity contribution in [3.63, 3.8) is 0 Å². The van der Waals surface area contributed by atoms with Gasteiger partial charge in [-0.15, -0.1) is 0 Å². The molecule has 4 nitrogen and oxygen atoms in total. The molecular weight excluding hydrogens is 384 g/mol. The van der Waals surface area contributed by atoms with Crippen molar-refractivity contribution in [2.75, 3.05) is 13.7 Å². The highest BCUT2D eigenvalue weighted by Gasteiger charge is 2.31. The molecule has 0 aliphatic carbocycles. The minimum atomic E-state index is 0.0293. The van der Waals surface area contributed by atoms with E-state index in [4.69, 9.17) is 9.72 Å². The maximum absolute atomic E-state index is 13.3. The van der Waals surface area contributed by atoms with Crippen LogP contribution in [0.15, 0.2) is 60.7 Å². The van der Waals surface area contributed by atoms with Crippen LogP contribution in [0.2, 0.25) is 0 Å². The van der Waals surface area contributed by atoms with Crippen molar-refractivity contribution in [2.24, 2.45) is 0 Å². The number of benzene rings is 2. The number of carbonyl (C=O) groups excluding carboxylic acids is 1. The van der Waals surface area contributed by atoms with E-state index in [1.54, 1.807) is 7.11 Å². The molecule has 0 bridgehead atoms. The molecule has 1 saturated heterocycles. The van der Waals surface area contributed by atoms with Crippen molar-refractivity contribution in [1.29, 1.82) is 0 Å². The van der Waals surface area contributed by atoms with Crippen LogP contribution in [0, 0.1) is 13.8 Å². The predicted octanol–water partition coefficient (Wildman–Crippen LogP) is 5.41. The van der Waals surface area contributed by atoms with Gasteiger partial charge < -0.3 is 9.64 Å². The van der Waals surface area contributed by atoms with Crippen LogP contribution in [-0.4, -0.2) is 29.4 Å². The lowest BCUT2D eigenvalue weighted by Crippen LogP contribution is -2.31. The fourth-order valence-corrected chi connectivity index (χ4v) is 4.46. The summed E-state index contributed by atoms with van der Waals surface area (Å²) in [5.41, 5.74) is 7.68. The number of hydrogen-bond donors (Lipinski definition) is 0. The minimum Gasteiger partial charge on any atom is -0.380 e. The van der Waals surface area contributed by atoms with Gasteiger partial charge in [0.25, 0.3) is 5.91 Å². The summed E-state index contributed by atoms with van der Waals surface area (Å²) >= 11 is 0. The van der Waals surface area contributed by atoms with Crippen LogP contribution in [0.4, 0.5) is 0 Å².